The number of halogens is 3. The number of amides is 1. The highest BCUT2D eigenvalue weighted by Gasteiger charge is 2.38. The molecule has 1 amide bonds. The lowest BCUT2D eigenvalue weighted by atomic mass is 10.0. The number of piperazine rings is 1. The Labute approximate surface area is 208 Å². The van der Waals surface area contributed by atoms with E-state index in [-0.39, 0.29) is 29.7 Å². The number of sulfonamides is 1. The molecule has 0 spiro atoms. The summed E-state index contributed by atoms with van der Waals surface area (Å²) in [4.78, 5) is 23.6. The maximum Gasteiger partial charge on any atom is 0.490 e. The van der Waals surface area contributed by atoms with Gasteiger partial charge in [0, 0.05) is 45.7 Å². The summed E-state index contributed by atoms with van der Waals surface area (Å²) in [7, 11) is -3.68. The van der Waals surface area contributed by atoms with E-state index < -0.39 is 22.2 Å². The third-order valence-electron chi connectivity index (χ3n) is 5.51. The summed E-state index contributed by atoms with van der Waals surface area (Å²) in [5.74, 6) is -2.73. The van der Waals surface area contributed by atoms with Crippen molar-refractivity contribution >= 4 is 21.9 Å². The summed E-state index contributed by atoms with van der Waals surface area (Å²) < 4.78 is 59.8. The molecule has 1 atom stereocenters. The molecule has 0 saturated carbocycles. The predicted molar refractivity (Wildman–Crippen MR) is 128 cm³/mol. The summed E-state index contributed by atoms with van der Waals surface area (Å²) >= 11 is 0. The van der Waals surface area contributed by atoms with E-state index in [0.717, 1.165) is 18.7 Å². The Morgan fingerprint density at radius 2 is 1.53 bits per heavy atom. The second kappa shape index (κ2) is 13.4. The lowest BCUT2D eigenvalue weighted by Gasteiger charge is -2.29. The Kier molecular flexibility index (Phi) is 10.9. The number of rotatable bonds is 8. The fraction of sp³-hybridized carbons (Fsp3) is 0.417. The van der Waals surface area contributed by atoms with Crippen molar-refractivity contribution in [1.29, 1.82) is 0 Å². The SMILES string of the molecule is CC(CN(CCC(=O)N1CCNCC1)S(=O)(=O)c1ccccc1)c1ccccc1.O=C(O)C(F)(F)F. The molecule has 0 aromatic heterocycles. The van der Waals surface area contributed by atoms with E-state index in [2.05, 4.69) is 5.32 Å². The van der Waals surface area contributed by atoms with Crippen LogP contribution in [0.4, 0.5) is 13.2 Å². The number of nitrogens with one attached hydrogen (secondary N) is 1. The third kappa shape index (κ3) is 8.92. The van der Waals surface area contributed by atoms with Gasteiger partial charge in [-0.3, -0.25) is 4.79 Å². The lowest BCUT2D eigenvalue weighted by Crippen LogP contribution is -2.47. The number of alkyl halides is 3. The standard InChI is InChI=1S/C22H29N3O3S.C2HF3O2/c1-19(20-8-4-2-5-9-20)18-25(29(27,28)21-10-6-3-7-11-21)15-12-22(26)24-16-13-23-14-17-24;3-2(4,5)1(6)7/h2-11,19,23H,12-18H2,1H3;(H,6,7). The molecule has 0 aliphatic carbocycles. The first kappa shape index (κ1) is 29.3. The molecule has 2 N–H and O–H groups in total. The van der Waals surface area contributed by atoms with Crippen LogP contribution in [0.5, 0.6) is 0 Å². The normalized spacial score (nSPS) is 15.1. The van der Waals surface area contributed by atoms with Crippen LogP contribution in [-0.2, 0) is 19.6 Å². The number of carbonyl (C=O) groups is 2. The first-order valence-electron chi connectivity index (χ1n) is 11.3. The van der Waals surface area contributed by atoms with Gasteiger partial charge in [-0.1, -0.05) is 55.5 Å². The van der Waals surface area contributed by atoms with E-state index in [0.29, 0.717) is 19.6 Å². The van der Waals surface area contributed by atoms with Crippen LogP contribution in [0, 0.1) is 0 Å². The number of carboxylic acid groups (broad SMARTS) is 1. The van der Waals surface area contributed by atoms with Crippen LogP contribution in [0.3, 0.4) is 0 Å². The van der Waals surface area contributed by atoms with Gasteiger partial charge in [0.2, 0.25) is 15.9 Å². The van der Waals surface area contributed by atoms with Crippen LogP contribution in [0.2, 0.25) is 0 Å². The second-order valence-electron chi connectivity index (χ2n) is 8.17. The van der Waals surface area contributed by atoms with Crippen LogP contribution < -0.4 is 5.32 Å². The molecule has 1 heterocycles. The van der Waals surface area contributed by atoms with Crippen molar-refractivity contribution in [3.63, 3.8) is 0 Å². The smallest absolute Gasteiger partial charge is 0.475 e. The van der Waals surface area contributed by atoms with Crippen molar-refractivity contribution in [3.05, 3.63) is 66.2 Å². The van der Waals surface area contributed by atoms with Crippen LogP contribution in [0.15, 0.2) is 65.6 Å². The molecule has 0 bridgehead atoms. The van der Waals surface area contributed by atoms with E-state index in [1.54, 1.807) is 30.3 Å². The molecule has 1 saturated heterocycles. The molecule has 12 heteroatoms. The predicted octanol–water partition coefficient (Wildman–Crippen LogP) is 2.94. The van der Waals surface area contributed by atoms with Gasteiger partial charge in [-0.15, -0.1) is 0 Å². The molecule has 198 valence electrons. The topological polar surface area (TPSA) is 107 Å². The van der Waals surface area contributed by atoms with Gasteiger partial charge in [0.25, 0.3) is 0 Å². The Bertz CT molecular complexity index is 1080. The van der Waals surface area contributed by atoms with E-state index >= 15 is 0 Å². The summed E-state index contributed by atoms with van der Waals surface area (Å²) in [6.45, 7) is 5.43. The van der Waals surface area contributed by atoms with Crippen LogP contribution in [0.25, 0.3) is 0 Å². The maximum absolute atomic E-state index is 13.3. The van der Waals surface area contributed by atoms with Crippen LogP contribution in [-0.4, -0.2) is 80.1 Å². The number of hydrogen-bond acceptors (Lipinski definition) is 5. The van der Waals surface area contributed by atoms with Gasteiger partial charge in [-0.25, -0.2) is 13.2 Å². The Morgan fingerprint density at radius 3 is 2.03 bits per heavy atom. The fourth-order valence-corrected chi connectivity index (χ4v) is 5.09. The zero-order valence-electron chi connectivity index (χ0n) is 19.8. The zero-order valence-corrected chi connectivity index (χ0v) is 20.6. The molecule has 2 aromatic rings. The highest BCUT2D eigenvalue weighted by Crippen LogP contribution is 2.22. The number of carboxylic acids is 1. The third-order valence-corrected chi connectivity index (χ3v) is 7.39. The van der Waals surface area contributed by atoms with Gasteiger partial charge < -0.3 is 15.3 Å². The monoisotopic (exact) mass is 529 g/mol. The molecule has 1 aliphatic rings. The maximum atomic E-state index is 13.3. The average molecular weight is 530 g/mol. The van der Waals surface area contributed by atoms with Gasteiger partial charge in [0.1, 0.15) is 0 Å². The molecule has 8 nitrogen and oxygen atoms in total. The largest absolute Gasteiger partial charge is 0.490 e. The highest BCUT2D eigenvalue weighted by molar-refractivity contribution is 7.89. The number of carbonyl (C=O) groups excluding carboxylic acids is 1. The van der Waals surface area contributed by atoms with Crippen molar-refractivity contribution in [2.75, 3.05) is 39.3 Å². The van der Waals surface area contributed by atoms with Gasteiger partial charge >= 0.3 is 12.1 Å². The average Bonchev–Trinajstić information content (AvgIpc) is 2.87. The lowest BCUT2D eigenvalue weighted by molar-refractivity contribution is -0.192. The first-order valence-corrected chi connectivity index (χ1v) is 12.8. The fourth-order valence-electron chi connectivity index (χ4n) is 3.54. The van der Waals surface area contributed by atoms with Crippen LogP contribution >= 0.6 is 0 Å². The minimum absolute atomic E-state index is 0.00660. The minimum atomic E-state index is -5.08. The Balaban J connectivity index is 0.000000572. The van der Waals surface area contributed by atoms with E-state index in [1.165, 1.54) is 4.31 Å². The molecule has 0 radical (unpaired) electrons. The Hall–Kier alpha value is -2.96. The molecule has 1 aliphatic heterocycles. The molecular formula is C24H30F3N3O5S. The van der Waals surface area contributed by atoms with Crippen molar-refractivity contribution < 1.29 is 36.3 Å². The number of aliphatic carboxylic acids is 1. The number of hydrogen-bond donors (Lipinski definition) is 2. The van der Waals surface area contributed by atoms with Gasteiger partial charge in [0.15, 0.2) is 0 Å². The molecule has 36 heavy (non-hydrogen) atoms. The number of benzene rings is 2. The minimum Gasteiger partial charge on any atom is -0.475 e. The summed E-state index contributed by atoms with van der Waals surface area (Å²) in [5.41, 5.74) is 1.08. The molecule has 1 fully saturated rings. The molecule has 3 rings (SSSR count). The zero-order chi connectivity index (χ0) is 26.8. The van der Waals surface area contributed by atoms with E-state index in [9.17, 15) is 26.4 Å². The molecule has 1 unspecified atom stereocenters. The van der Waals surface area contributed by atoms with Gasteiger partial charge in [-0.05, 0) is 23.6 Å². The second-order valence-corrected chi connectivity index (χ2v) is 10.1. The summed E-state index contributed by atoms with van der Waals surface area (Å²) in [5, 5.41) is 10.3. The van der Waals surface area contributed by atoms with E-state index in [4.69, 9.17) is 9.90 Å². The van der Waals surface area contributed by atoms with E-state index in [1.807, 2.05) is 42.2 Å². The Morgan fingerprint density at radius 1 is 1.03 bits per heavy atom. The van der Waals surface area contributed by atoms with Crippen LogP contribution in [0.1, 0.15) is 24.8 Å². The van der Waals surface area contributed by atoms with Crippen molar-refractivity contribution in [2.45, 2.75) is 30.3 Å². The van der Waals surface area contributed by atoms with Crippen molar-refractivity contribution in [2.24, 2.45) is 0 Å². The van der Waals surface area contributed by atoms with Crippen molar-refractivity contribution in [1.82, 2.24) is 14.5 Å². The molecule has 2 aromatic carbocycles. The van der Waals surface area contributed by atoms with Crippen molar-refractivity contribution in [3.8, 4) is 0 Å². The highest BCUT2D eigenvalue weighted by atomic mass is 32.2. The summed E-state index contributed by atoms with van der Waals surface area (Å²) in [6.07, 6.45) is -4.90. The number of nitrogens with zero attached hydrogens (tertiary/aromatic N) is 2. The first-order chi connectivity index (χ1) is 16.9. The quantitative estimate of drug-likeness (QED) is 0.545. The van der Waals surface area contributed by atoms with Gasteiger partial charge in [0.05, 0.1) is 4.90 Å². The summed E-state index contributed by atoms with van der Waals surface area (Å²) in [6, 6.07) is 18.3. The molecular weight excluding hydrogens is 499 g/mol. The van der Waals surface area contributed by atoms with Gasteiger partial charge in [-0.2, -0.15) is 17.5 Å².